The van der Waals surface area contributed by atoms with Gasteiger partial charge >= 0.3 is 0 Å². The fourth-order valence-corrected chi connectivity index (χ4v) is 4.41. The van der Waals surface area contributed by atoms with Crippen LogP contribution in [0.25, 0.3) is 0 Å². The van der Waals surface area contributed by atoms with Gasteiger partial charge in [-0.25, -0.2) is 0 Å². The van der Waals surface area contributed by atoms with Crippen LogP contribution in [0, 0.1) is 20.8 Å². The van der Waals surface area contributed by atoms with Gasteiger partial charge in [-0.05, 0) is 56.4 Å². The number of nitrogens with zero attached hydrogens (tertiary/aromatic N) is 1. The smallest absolute Gasteiger partial charge is 0.243 e. The zero-order valence-corrected chi connectivity index (χ0v) is 21.7. The van der Waals surface area contributed by atoms with Crippen molar-refractivity contribution in [3.8, 4) is 0 Å². The molecule has 0 saturated heterocycles. The molecule has 0 bridgehead atoms. The van der Waals surface area contributed by atoms with Gasteiger partial charge < -0.3 is 10.2 Å². The van der Waals surface area contributed by atoms with Crippen molar-refractivity contribution in [3.05, 3.63) is 106 Å². The molecule has 0 unspecified atom stereocenters. The second-order valence-electron chi connectivity index (χ2n) is 9.64. The zero-order valence-electron chi connectivity index (χ0n) is 21.7. The molecule has 0 radical (unpaired) electrons. The Balaban J connectivity index is 2.00. The lowest BCUT2D eigenvalue weighted by Crippen LogP contribution is -2.52. The van der Waals surface area contributed by atoms with Crippen molar-refractivity contribution in [3.63, 3.8) is 0 Å². The topological polar surface area (TPSA) is 49.4 Å². The van der Waals surface area contributed by atoms with Crippen LogP contribution < -0.4 is 5.32 Å². The van der Waals surface area contributed by atoms with E-state index in [1.165, 1.54) is 0 Å². The number of carbonyl (C=O) groups excluding carboxylic acids is 2. The van der Waals surface area contributed by atoms with Gasteiger partial charge in [0.1, 0.15) is 6.04 Å². The first-order valence-corrected chi connectivity index (χ1v) is 12.5. The molecule has 3 rings (SSSR count). The van der Waals surface area contributed by atoms with Crippen molar-refractivity contribution >= 4 is 11.8 Å². The summed E-state index contributed by atoms with van der Waals surface area (Å²) in [7, 11) is 0. The van der Waals surface area contributed by atoms with Gasteiger partial charge in [-0.3, -0.25) is 9.59 Å². The van der Waals surface area contributed by atoms with Gasteiger partial charge in [0.2, 0.25) is 11.8 Å². The number of hydrogen-bond donors (Lipinski definition) is 1. The van der Waals surface area contributed by atoms with Crippen molar-refractivity contribution in [2.75, 3.05) is 0 Å². The van der Waals surface area contributed by atoms with Gasteiger partial charge in [0.15, 0.2) is 0 Å². The zero-order chi connectivity index (χ0) is 25.4. The maximum atomic E-state index is 13.9. The number of hydrogen-bond acceptors (Lipinski definition) is 2. The predicted molar refractivity (Wildman–Crippen MR) is 143 cm³/mol. The summed E-state index contributed by atoms with van der Waals surface area (Å²) in [5.74, 6) is -0.149. The summed E-state index contributed by atoms with van der Waals surface area (Å²) in [6, 6.07) is 23.7. The summed E-state index contributed by atoms with van der Waals surface area (Å²) in [6.07, 6.45) is 1.56. The summed E-state index contributed by atoms with van der Waals surface area (Å²) >= 11 is 0. The molecule has 0 aliphatic carbocycles. The molecular formula is C31H38N2O2. The number of rotatable bonds is 10. The molecule has 0 spiro atoms. The molecule has 0 aliphatic rings. The highest BCUT2D eigenvalue weighted by atomic mass is 16.2. The van der Waals surface area contributed by atoms with Crippen LogP contribution in [0.2, 0.25) is 0 Å². The minimum Gasteiger partial charge on any atom is -0.352 e. The Morgan fingerprint density at radius 3 is 2.11 bits per heavy atom. The summed E-state index contributed by atoms with van der Waals surface area (Å²) in [5.41, 5.74) is 6.43. The first-order chi connectivity index (χ1) is 16.8. The van der Waals surface area contributed by atoms with E-state index in [0.29, 0.717) is 13.0 Å². The number of amides is 2. The normalized spacial score (nSPS) is 12.6. The SMILES string of the molecule is CC[C@@H](C)NC(=O)[C@@H](Cc1ccccc1)N(Cc1ccccc1C)C(=O)Cc1cc(C)cc(C)c1. The molecular weight excluding hydrogens is 432 g/mol. The fourth-order valence-electron chi connectivity index (χ4n) is 4.41. The Kier molecular flexibility index (Phi) is 9.25. The Labute approximate surface area is 210 Å². The van der Waals surface area contributed by atoms with E-state index in [1.54, 1.807) is 4.90 Å². The lowest BCUT2D eigenvalue weighted by atomic mass is 9.99. The number of carbonyl (C=O) groups is 2. The van der Waals surface area contributed by atoms with Gasteiger partial charge in [0.25, 0.3) is 0 Å². The van der Waals surface area contributed by atoms with E-state index >= 15 is 0 Å². The van der Waals surface area contributed by atoms with E-state index in [0.717, 1.165) is 39.8 Å². The minimum atomic E-state index is -0.607. The molecule has 4 heteroatoms. The number of benzene rings is 3. The molecule has 0 fully saturated rings. The lowest BCUT2D eigenvalue weighted by Gasteiger charge is -2.33. The molecule has 3 aromatic rings. The first kappa shape index (κ1) is 26.2. The maximum Gasteiger partial charge on any atom is 0.243 e. The Morgan fingerprint density at radius 2 is 1.49 bits per heavy atom. The van der Waals surface area contributed by atoms with Crippen LogP contribution in [-0.4, -0.2) is 28.8 Å². The molecule has 0 saturated carbocycles. The van der Waals surface area contributed by atoms with E-state index in [9.17, 15) is 9.59 Å². The minimum absolute atomic E-state index is 0.0376. The monoisotopic (exact) mass is 470 g/mol. The second-order valence-corrected chi connectivity index (χ2v) is 9.64. The molecule has 0 aromatic heterocycles. The highest BCUT2D eigenvalue weighted by Gasteiger charge is 2.31. The Bertz CT molecular complexity index is 1120. The van der Waals surface area contributed by atoms with Crippen LogP contribution in [0.15, 0.2) is 72.8 Å². The van der Waals surface area contributed by atoms with E-state index in [4.69, 9.17) is 0 Å². The van der Waals surface area contributed by atoms with Gasteiger partial charge in [0.05, 0.1) is 6.42 Å². The van der Waals surface area contributed by atoms with Gasteiger partial charge in [-0.15, -0.1) is 0 Å². The second kappa shape index (κ2) is 12.3. The number of aryl methyl sites for hydroxylation is 3. The summed E-state index contributed by atoms with van der Waals surface area (Å²) in [6.45, 7) is 10.6. The van der Waals surface area contributed by atoms with Gasteiger partial charge in [0, 0.05) is 19.0 Å². The Morgan fingerprint density at radius 1 is 0.857 bits per heavy atom. The third-order valence-electron chi connectivity index (χ3n) is 6.51. The number of nitrogens with one attached hydrogen (secondary N) is 1. The van der Waals surface area contributed by atoms with E-state index in [2.05, 4.69) is 23.5 Å². The molecule has 35 heavy (non-hydrogen) atoms. The van der Waals surface area contributed by atoms with Crippen molar-refractivity contribution in [2.45, 2.75) is 72.5 Å². The van der Waals surface area contributed by atoms with Crippen LogP contribution >= 0.6 is 0 Å². The molecule has 0 aliphatic heterocycles. The van der Waals surface area contributed by atoms with Crippen LogP contribution in [0.3, 0.4) is 0 Å². The quantitative estimate of drug-likeness (QED) is 0.413. The fraction of sp³-hybridized carbons (Fsp3) is 0.355. The molecule has 4 nitrogen and oxygen atoms in total. The molecule has 0 heterocycles. The average molecular weight is 471 g/mol. The average Bonchev–Trinajstić information content (AvgIpc) is 2.82. The first-order valence-electron chi connectivity index (χ1n) is 12.5. The van der Waals surface area contributed by atoms with E-state index in [-0.39, 0.29) is 24.3 Å². The molecule has 2 amide bonds. The highest BCUT2D eigenvalue weighted by molar-refractivity contribution is 5.89. The predicted octanol–water partition coefficient (Wildman–Crippen LogP) is 5.71. The summed E-state index contributed by atoms with van der Waals surface area (Å²) < 4.78 is 0. The van der Waals surface area contributed by atoms with Crippen LogP contribution in [0.1, 0.15) is 53.6 Å². The largest absolute Gasteiger partial charge is 0.352 e. The lowest BCUT2D eigenvalue weighted by molar-refractivity contribution is -0.141. The molecule has 184 valence electrons. The highest BCUT2D eigenvalue weighted by Crippen LogP contribution is 2.19. The maximum absolute atomic E-state index is 13.9. The third-order valence-corrected chi connectivity index (χ3v) is 6.51. The van der Waals surface area contributed by atoms with E-state index < -0.39 is 6.04 Å². The van der Waals surface area contributed by atoms with Crippen molar-refractivity contribution in [1.29, 1.82) is 0 Å². The van der Waals surface area contributed by atoms with Gasteiger partial charge in [-0.2, -0.15) is 0 Å². The summed E-state index contributed by atoms with van der Waals surface area (Å²) in [4.78, 5) is 29.3. The van der Waals surface area contributed by atoms with Crippen molar-refractivity contribution < 1.29 is 9.59 Å². The van der Waals surface area contributed by atoms with Crippen LogP contribution in [0.5, 0.6) is 0 Å². The molecule has 1 N–H and O–H groups in total. The standard InChI is InChI=1S/C31H38N2O2/c1-6-25(5)32-31(35)29(19-26-13-8-7-9-14-26)33(21-28-15-11-10-12-24(28)4)30(34)20-27-17-22(2)16-23(3)18-27/h7-18,25,29H,6,19-21H2,1-5H3,(H,32,35)/t25-,29-/m1/s1. The summed E-state index contributed by atoms with van der Waals surface area (Å²) in [5, 5.41) is 3.13. The van der Waals surface area contributed by atoms with E-state index in [1.807, 2.05) is 89.2 Å². The molecule has 3 aromatic carbocycles. The van der Waals surface area contributed by atoms with Crippen molar-refractivity contribution in [1.82, 2.24) is 10.2 Å². The van der Waals surface area contributed by atoms with Crippen LogP contribution in [0.4, 0.5) is 0 Å². The Hall–Kier alpha value is -3.40. The van der Waals surface area contributed by atoms with Gasteiger partial charge in [-0.1, -0.05) is 90.8 Å². The van der Waals surface area contributed by atoms with Crippen LogP contribution in [-0.2, 0) is 29.0 Å². The van der Waals surface area contributed by atoms with Crippen molar-refractivity contribution in [2.24, 2.45) is 0 Å². The third kappa shape index (κ3) is 7.54. The molecule has 2 atom stereocenters.